The molecule has 1 rings (SSSR count). The Hall–Kier alpha value is 0.630. The van der Waals surface area contributed by atoms with Crippen LogP contribution in [-0.4, -0.2) is 9.68 Å². The standard InChI is InChI=1S/C10H12I2O2S/c1-7(2)8-5-3-4-6-9(8)15(13,14)10(11)12/h3-7,10H,1-2H3. The van der Waals surface area contributed by atoms with Crippen LogP contribution in [0.25, 0.3) is 0 Å². The first-order valence-corrected chi connectivity index (χ1v) is 8.52. The van der Waals surface area contributed by atoms with Crippen molar-refractivity contribution < 1.29 is 8.42 Å². The second-order valence-corrected chi connectivity index (χ2v) is 12.1. The Labute approximate surface area is 118 Å². The van der Waals surface area contributed by atoms with E-state index in [4.69, 9.17) is 0 Å². The topological polar surface area (TPSA) is 34.1 Å². The highest BCUT2D eigenvalue weighted by Crippen LogP contribution is 2.31. The number of hydrogen-bond acceptors (Lipinski definition) is 2. The van der Waals surface area contributed by atoms with Gasteiger partial charge in [0.1, 0.15) is 0 Å². The molecule has 1 aromatic carbocycles. The maximum absolute atomic E-state index is 12.0. The lowest BCUT2D eigenvalue weighted by Gasteiger charge is -2.13. The van der Waals surface area contributed by atoms with E-state index in [0.717, 1.165) is 5.56 Å². The van der Waals surface area contributed by atoms with Gasteiger partial charge in [-0.1, -0.05) is 77.2 Å². The van der Waals surface area contributed by atoms with Gasteiger partial charge < -0.3 is 0 Å². The third-order valence-corrected chi connectivity index (χ3v) is 7.55. The molecule has 0 aliphatic heterocycles. The Morgan fingerprint density at radius 3 is 2.13 bits per heavy atom. The monoisotopic (exact) mass is 450 g/mol. The van der Waals surface area contributed by atoms with Gasteiger partial charge in [0.25, 0.3) is 0 Å². The van der Waals surface area contributed by atoms with Crippen molar-refractivity contribution in [2.24, 2.45) is 0 Å². The minimum absolute atomic E-state index is 0.225. The quantitative estimate of drug-likeness (QED) is 0.520. The van der Waals surface area contributed by atoms with E-state index >= 15 is 0 Å². The first-order valence-electron chi connectivity index (χ1n) is 4.48. The Morgan fingerprint density at radius 1 is 1.13 bits per heavy atom. The predicted octanol–water partition coefficient (Wildman–Crippen LogP) is 3.74. The fourth-order valence-electron chi connectivity index (χ4n) is 1.31. The third-order valence-electron chi connectivity index (χ3n) is 2.08. The van der Waals surface area contributed by atoms with Gasteiger partial charge in [-0.3, -0.25) is 0 Å². The Bertz CT molecular complexity index is 438. The van der Waals surface area contributed by atoms with Crippen LogP contribution < -0.4 is 0 Å². The molecule has 2 nitrogen and oxygen atoms in total. The number of halogens is 2. The molecular weight excluding hydrogens is 438 g/mol. The van der Waals surface area contributed by atoms with Crippen LogP contribution in [0.5, 0.6) is 0 Å². The van der Waals surface area contributed by atoms with Crippen molar-refractivity contribution in [1.29, 1.82) is 0 Å². The van der Waals surface area contributed by atoms with Crippen LogP contribution in [0, 0.1) is 0 Å². The summed E-state index contributed by atoms with van der Waals surface area (Å²) in [6.45, 7) is 4.01. The van der Waals surface area contributed by atoms with E-state index in [-0.39, 0.29) is 5.92 Å². The molecule has 0 unspecified atom stereocenters. The number of rotatable bonds is 3. The molecule has 0 saturated carbocycles. The number of alkyl halides is 2. The second-order valence-electron chi connectivity index (χ2n) is 3.50. The molecule has 0 heterocycles. The molecule has 0 N–H and O–H groups in total. The zero-order chi connectivity index (χ0) is 11.6. The molecule has 0 amide bonds. The minimum Gasteiger partial charge on any atom is -0.222 e. The summed E-state index contributed by atoms with van der Waals surface area (Å²) in [5.74, 6) is 0.225. The first kappa shape index (κ1) is 13.7. The molecule has 0 bridgehead atoms. The molecule has 0 atom stereocenters. The summed E-state index contributed by atoms with van der Waals surface area (Å²) in [4.78, 5) is 0.466. The van der Waals surface area contributed by atoms with E-state index < -0.39 is 11.1 Å². The van der Waals surface area contributed by atoms with Crippen molar-refractivity contribution in [2.75, 3.05) is 0 Å². The van der Waals surface area contributed by atoms with Crippen LogP contribution in [0.3, 0.4) is 0 Å². The largest absolute Gasteiger partial charge is 0.222 e. The Balaban J connectivity index is 3.38. The summed E-state index contributed by atoms with van der Waals surface area (Å²) in [7, 11) is -3.18. The molecule has 15 heavy (non-hydrogen) atoms. The van der Waals surface area contributed by atoms with Crippen molar-refractivity contribution in [2.45, 2.75) is 25.9 Å². The lowest BCUT2D eigenvalue weighted by molar-refractivity contribution is 0.598. The fourth-order valence-corrected chi connectivity index (χ4v) is 4.05. The van der Waals surface area contributed by atoms with Crippen molar-refractivity contribution in [3.8, 4) is 0 Å². The van der Waals surface area contributed by atoms with Crippen molar-refractivity contribution in [1.82, 2.24) is 0 Å². The molecule has 1 aromatic rings. The van der Waals surface area contributed by atoms with Gasteiger partial charge in [0.2, 0.25) is 0 Å². The van der Waals surface area contributed by atoms with Crippen LogP contribution in [0.2, 0.25) is 0 Å². The maximum Gasteiger partial charge on any atom is 0.199 e. The second kappa shape index (κ2) is 5.31. The van der Waals surface area contributed by atoms with Crippen LogP contribution >= 0.6 is 45.2 Å². The SMILES string of the molecule is CC(C)c1ccccc1S(=O)(=O)C(I)I. The number of benzene rings is 1. The highest BCUT2D eigenvalue weighted by Gasteiger charge is 2.25. The van der Waals surface area contributed by atoms with E-state index in [1.165, 1.54) is 0 Å². The average Bonchev–Trinajstić information content (AvgIpc) is 2.17. The Morgan fingerprint density at radius 2 is 1.67 bits per heavy atom. The van der Waals surface area contributed by atoms with E-state index in [9.17, 15) is 8.42 Å². The summed E-state index contributed by atoms with van der Waals surface area (Å²) in [5.41, 5.74) is 0.899. The van der Waals surface area contributed by atoms with Gasteiger partial charge in [-0.05, 0) is 17.5 Å². The molecule has 0 spiro atoms. The van der Waals surface area contributed by atoms with Crippen LogP contribution in [0.4, 0.5) is 0 Å². The van der Waals surface area contributed by atoms with Crippen molar-refractivity contribution >= 4 is 55.0 Å². The molecule has 0 saturated heterocycles. The summed E-state index contributed by atoms with van der Waals surface area (Å²) in [6, 6.07) is 7.22. The van der Waals surface area contributed by atoms with Gasteiger partial charge in [-0.15, -0.1) is 0 Å². The van der Waals surface area contributed by atoms with E-state index in [1.54, 1.807) is 12.1 Å². The minimum atomic E-state index is -3.18. The highest BCUT2D eigenvalue weighted by molar-refractivity contribution is 14.2. The number of sulfone groups is 1. The molecule has 0 aliphatic rings. The normalized spacial score (nSPS) is 12.4. The van der Waals surface area contributed by atoms with Crippen LogP contribution in [0.15, 0.2) is 29.2 Å². The predicted molar refractivity (Wildman–Crippen MR) is 79.5 cm³/mol. The average molecular weight is 450 g/mol. The molecule has 0 radical (unpaired) electrons. The third kappa shape index (κ3) is 3.06. The summed E-state index contributed by atoms with van der Waals surface area (Å²) in [5, 5.41) is 0. The summed E-state index contributed by atoms with van der Waals surface area (Å²) >= 11 is 3.86. The van der Waals surface area contributed by atoms with Gasteiger partial charge in [-0.25, -0.2) is 8.42 Å². The van der Waals surface area contributed by atoms with Gasteiger partial charge in [0.15, 0.2) is 11.1 Å². The van der Waals surface area contributed by atoms with Crippen LogP contribution in [-0.2, 0) is 9.84 Å². The zero-order valence-electron chi connectivity index (χ0n) is 8.44. The summed E-state index contributed by atoms with van der Waals surface area (Å²) < 4.78 is 23.7. The van der Waals surface area contributed by atoms with E-state index in [1.807, 2.05) is 71.2 Å². The first-order chi connectivity index (χ1) is 6.87. The van der Waals surface area contributed by atoms with E-state index in [2.05, 4.69) is 0 Å². The van der Waals surface area contributed by atoms with Crippen molar-refractivity contribution in [3.05, 3.63) is 29.8 Å². The lowest BCUT2D eigenvalue weighted by Crippen LogP contribution is -2.11. The maximum atomic E-state index is 12.0. The molecular formula is C10H12I2O2S. The van der Waals surface area contributed by atoms with Gasteiger partial charge in [0, 0.05) is 0 Å². The fraction of sp³-hybridized carbons (Fsp3) is 0.400. The van der Waals surface area contributed by atoms with E-state index in [0.29, 0.717) is 4.90 Å². The highest BCUT2D eigenvalue weighted by atomic mass is 127. The molecule has 5 heteroatoms. The van der Waals surface area contributed by atoms with Gasteiger partial charge in [-0.2, -0.15) is 0 Å². The summed E-state index contributed by atoms with van der Waals surface area (Å²) in [6.07, 6.45) is 0. The lowest BCUT2D eigenvalue weighted by atomic mass is 10.0. The zero-order valence-corrected chi connectivity index (χ0v) is 13.6. The smallest absolute Gasteiger partial charge is 0.199 e. The number of hydrogen-bond donors (Lipinski definition) is 0. The molecule has 0 aromatic heterocycles. The molecule has 0 aliphatic carbocycles. The Kier molecular flexibility index (Phi) is 4.85. The van der Waals surface area contributed by atoms with Gasteiger partial charge >= 0.3 is 0 Å². The van der Waals surface area contributed by atoms with Crippen molar-refractivity contribution in [3.63, 3.8) is 0 Å². The van der Waals surface area contributed by atoms with Gasteiger partial charge in [0.05, 0.1) is 4.90 Å². The molecule has 84 valence electrons. The molecule has 0 fully saturated rings. The van der Waals surface area contributed by atoms with Crippen LogP contribution in [0.1, 0.15) is 25.3 Å².